The molecule has 4 amide bonds. The van der Waals surface area contributed by atoms with Gasteiger partial charge in [-0.2, -0.15) is 0 Å². The lowest BCUT2D eigenvalue weighted by Gasteiger charge is -2.42. The lowest BCUT2D eigenvalue weighted by molar-refractivity contribution is -0.147. The summed E-state index contributed by atoms with van der Waals surface area (Å²) in [5.74, 6) is -4.44. The predicted octanol–water partition coefficient (Wildman–Crippen LogP) is 0.871. The second-order valence-corrected chi connectivity index (χ2v) is 11.9. The van der Waals surface area contributed by atoms with Crippen LogP contribution in [0.3, 0.4) is 0 Å². The van der Waals surface area contributed by atoms with Crippen LogP contribution in [0, 0.1) is 18.2 Å². The quantitative estimate of drug-likeness (QED) is 0.431. The van der Waals surface area contributed by atoms with Crippen LogP contribution >= 0.6 is 0 Å². The Kier molecular flexibility index (Phi) is 7.73. The number of carbonyl (C=O) groups is 4. The van der Waals surface area contributed by atoms with Gasteiger partial charge in [0.2, 0.25) is 11.7 Å². The van der Waals surface area contributed by atoms with E-state index in [0.717, 1.165) is 9.47 Å². The minimum atomic E-state index is -1.41. The number of amides is 4. The Labute approximate surface area is 246 Å². The molecule has 12 nitrogen and oxygen atoms in total. The third-order valence-corrected chi connectivity index (χ3v) is 8.81. The van der Waals surface area contributed by atoms with Gasteiger partial charge >= 0.3 is 11.8 Å². The van der Waals surface area contributed by atoms with Crippen LogP contribution < -0.4 is 16.2 Å². The first-order valence-electron chi connectivity index (χ1n) is 14.1. The van der Waals surface area contributed by atoms with Crippen molar-refractivity contribution in [2.75, 3.05) is 27.2 Å². The van der Waals surface area contributed by atoms with Crippen molar-refractivity contribution in [2.24, 2.45) is 5.41 Å². The SMILES string of the molecule is Cc1cc(CNC(=O)c2nc3n(c(=O)c2O)CC2(C(=O)N4CCC(F)C4)CCC3(NC(=O)C(=O)N(C)C)CC2)ccc1F. The molecule has 1 aliphatic carbocycles. The maximum absolute atomic E-state index is 14.0. The molecule has 1 aromatic heterocycles. The summed E-state index contributed by atoms with van der Waals surface area (Å²) in [5.41, 5.74) is -3.19. The van der Waals surface area contributed by atoms with Gasteiger partial charge in [0.05, 0.1) is 17.5 Å². The molecule has 1 aromatic carbocycles. The van der Waals surface area contributed by atoms with E-state index in [1.165, 1.54) is 31.1 Å². The number of aromatic hydroxyl groups is 1. The maximum Gasteiger partial charge on any atom is 0.311 e. The van der Waals surface area contributed by atoms with Crippen LogP contribution in [0.15, 0.2) is 23.0 Å². The standard InChI is InChI=1S/C29H34F2N6O6/c1-16-12-17(4-5-19(16)31)13-32-22(39)20-21(38)24(41)37-15-28(27(43)36-11-6-18(30)14-36)7-9-29(10-8-28,26(37)33-20)34-23(40)25(42)35(2)3/h4-5,12,18,38H,6-11,13-15H2,1-3H3,(H,32,39)(H,34,40). The number of halogens is 2. The van der Waals surface area contributed by atoms with Crippen LogP contribution in [0.1, 0.15) is 59.5 Å². The number of hydrogen-bond donors (Lipinski definition) is 3. The largest absolute Gasteiger partial charge is 0.501 e. The van der Waals surface area contributed by atoms with Crippen LogP contribution in [-0.2, 0) is 33.0 Å². The third kappa shape index (κ3) is 5.34. The van der Waals surface area contributed by atoms with Gasteiger partial charge in [-0.25, -0.2) is 13.8 Å². The molecule has 43 heavy (non-hydrogen) atoms. The monoisotopic (exact) mass is 600 g/mol. The first-order valence-corrected chi connectivity index (χ1v) is 14.1. The number of alkyl halides is 1. The number of benzene rings is 1. The highest BCUT2D eigenvalue weighted by atomic mass is 19.1. The van der Waals surface area contributed by atoms with E-state index in [2.05, 4.69) is 15.6 Å². The summed E-state index contributed by atoms with van der Waals surface area (Å²) in [5, 5.41) is 16.2. The number of likely N-dealkylation sites (tertiary alicyclic amines) is 1. The Bertz CT molecular complexity index is 1570. The molecule has 230 valence electrons. The second kappa shape index (κ2) is 11.0. The molecule has 4 heterocycles. The van der Waals surface area contributed by atoms with Crippen molar-refractivity contribution in [3.63, 3.8) is 0 Å². The number of likely N-dealkylation sites (N-methyl/N-ethyl adjacent to an activating group) is 1. The van der Waals surface area contributed by atoms with Crippen molar-refractivity contribution in [3.05, 3.63) is 57.0 Å². The van der Waals surface area contributed by atoms with E-state index in [-0.39, 0.29) is 70.0 Å². The predicted molar refractivity (Wildman–Crippen MR) is 148 cm³/mol. The van der Waals surface area contributed by atoms with E-state index >= 15 is 0 Å². The van der Waals surface area contributed by atoms with Crippen molar-refractivity contribution in [1.29, 1.82) is 0 Å². The molecule has 1 saturated heterocycles. The molecule has 3 aliphatic heterocycles. The molecule has 4 aliphatic rings. The zero-order valence-corrected chi connectivity index (χ0v) is 24.2. The van der Waals surface area contributed by atoms with Gasteiger partial charge in [-0.1, -0.05) is 12.1 Å². The number of aromatic nitrogens is 2. The Balaban J connectivity index is 1.55. The van der Waals surface area contributed by atoms with Crippen molar-refractivity contribution < 1.29 is 33.1 Å². The number of nitrogens with one attached hydrogen (secondary N) is 2. The molecule has 3 N–H and O–H groups in total. The van der Waals surface area contributed by atoms with Crippen LogP contribution in [0.25, 0.3) is 0 Å². The summed E-state index contributed by atoms with van der Waals surface area (Å²) in [6, 6.07) is 4.28. The highest BCUT2D eigenvalue weighted by Crippen LogP contribution is 2.50. The molecule has 0 spiro atoms. The van der Waals surface area contributed by atoms with E-state index in [9.17, 15) is 37.9 Å². The smallest absolute Gasteiger partial charge is 0.311 e. The molecule has 2 bridgehead atoms. The number of aryl methyl sites for hydroxylation is 1. The maximum atomic E-state index is 14.0. The first kappa shape index (κ1) is 30.1. The molecule has 1 unspecified atom stereocenters. The molecular weight excluding hydrogens is 566 g/mol. The highest BCUT2D eigenvalue weighted by Gasteiger charge is 2.56. The van der Waals surface area contributed by atoms with Crippen molar-refractivity contribution in [1.82, 2.24) is 30.0 Å². The molecule has 0 radical (unpaired) electrons. The van der Waals surface area contributed by atoms with Gasteiger partial charge in [0.25, 0.3) is 11.5 Å². The van der Waals surface area contributed by atoms with E-state index in [4.69, 9.17) is 0 Å². The van der Waals surface area contributed by atoms with E-state index in [0.29, 0.717) is 11.1 Å². The minimum absolute atomic E-state index is 0.0538. The van der Waals surface area contributed by atoms with Crippen LogP contribution in [0.2, 0.25) is 0 Å². The van der Waals surface area contributed by atoms with Crippen LogP contribution in [0.5, 0.6) is 5.75 Å². The number of nitrogens with zero attached hydrogens (tertiary/aromatic N) is 4. The van der Waals surface area contributed by atoms with Gasteiger partial charge in [0.15, 0.2) is 5.69 Å². The molecule has 6 rings (SSSR count). The van der Waals surface area contributed by atoms with E-state index in [1.54, 1.807) is 13.0 Å². The van der Waals surface area contributed by atoms with Crippen LogP contribution in [-0.4, -0.2) is 81.4 Å². The summed E-state index contributed by atoms with van der Waals surface area (Å²) in [6.45, 7) is 1.49. The lowest BCUT2D eigenvalue weighted by Crippen LogP contribution is -2.55. The average Bonchev–Trinajstić information content (AvgIpc) is 3.30. The molecule has 14 heteroatoms. The topological polar surface area (TPSA) is 154 Å². The van der Waals surface area contributed by atoms with Crippen molar-refractivity contribution in [3.8, 4) is 5.75 Å². The number of hydrogen-bond acceptors (Lipinski definition) is 7. The second-order valence-electron chi connectivity index (χ2n) is 11.9. The zero-order valence-electron chi connectivity index (χ0n) is 24.2. The summed E-state index contributed by atoms with van der Waals surface area (Å²) in [7, 11) is 2.82. The summed E-state index contributed by atoms with van der Waals surface area (Å²) in [4.78, 5) is 73.1. The fraction of sp³-hybridized carbons (Fsp3) is 0.517. The van der Waals surface area contributed by atoms with Gasteiger partial charge in [-0.3, -0.25) is 28.5 Å². The van der Waals surface area contributed by atoms with Gasteiger partial charge in [0, 0.05) is 33.7 Å². The number of rotatable bonds is 5. The van der Waals surface area contributed by atoms with E-state index in [1.807, 2.05) is 0 Å². The highest BCUT2D eigenvalue weighted by molar-refractivity contribution is 6.35. The summed E-state index contributed by atoms with van der Waals surface area (Å²) < 4.78 is 28.8. The lowest BCUT2D eigenvalue weighted by atomic mass is 9.67. The Hall–Kier alpha value is -4.36. The fourth-order valence-electron chi connectivity index (χ4n) is 6.31. The zero-order chi connectivity index (χ0) is 31.3. The van der Waals surface area contributed by atoms with Crippen molar-refractivity contribution >= 4 is 23.6 Å². The molecular formula is C29H34F2N6O6. The van der Waals surface area contributed by atoms with Crippen molar-refractivity contribution in [2.45, 2.75) is 63.8 Å². The number of carbonyl (C=O) groups excluding carboxylic acids is 4. The Morgan fingerprint density at radius 2 is 1.86 bits per heavy atom. The summed E-state index contributed by atoms with van der Waals surface area (Å²) >= 11 is 0. The normalized spacial score (nSPS) is 24.2. The fourth-order valence-corrected chi connectivity index (χ4v) is 6.31. The van der Waals surface area contributed by atoms with Crippen LogP contribution in [0.4, 0.5) is 8.78 Å². The molecule has 2 fully saturated rings. The molecule has 1 saturated carbocycles. The average molecular weight is 601 g/mol. The van der Waals surface area contributed by atoms with E-state index < -0.39 is 57.7 Å². The van der Waals surface area contributed by atoms with Gasteiger partial charge in [-0.15, -0.1) is 0 Å². The van der Waals surface area contributed by atoms with Gasteiger partial charge in [-0.05, 0) is 56.2 Å². The summed E-state index contributed by atoms with van der Waals surface area (Å²) in [6.07, 6.45) is -0.361. The third-order valence-electron chi connectivity index (χ3n) is 8.81. The Morgan fingerprint density at radius 1 is 1.16 bits per heavy atom. The van der Waals surface area contributed by atoms with Gasteiger partial charge < -0.3 is 25.5 Å². The Morgan fingerprint density at radius 3 is 2.47 bits per heavy atom. The van der Waals surface area contributed by atoms with Gasteiger partial charge in [0.1, 0.15) is 17.8 Å². The molecule has 1 atom stereocenters. The first-order chi connectivity index (χ1) is 20.3. The minimum Gasteiger partial charge on any atom is -0.501 e. The molecule has 2 aromatic rings. The number of fused-ring (bicyclic) bond motifs is 2.